The van der Waals surface area contributed by atoms with Gasteiger partial charge in [-0.1, -0.05) is 12.8 Å². The van der Waals surface area contributed by atoms with Crippen molar-refractivity contribution in [1.82, 2.24) is 5.48 Å². The van der Waals surface area contributed by atoms with Crippen molar-refractivity contribution in [2.24, 2.45) is 5.92 Å². The van der Waals surface area contributed by atoms with E-state index in [9.17, 15) is 9.90 Å². The number of amides is 1. The zero-order valence-electron chi connectivity index (χ0n) is 7.95. The molecule has 1 fully saturated rings. The highest BCUT2D eigenvalue weighted by molar-refractivity contribution is 5.75. The molecular weight excluding hydrogens is 170 g/mol. The molecule has 0 saturated heterocycles. The summed E-state index contributed by atoms with van der Waals surface area (Å²) in [6, 6.07) is 0. The molecule has 76 valence electrons. The molecule has 0 aromatic rings. The predicted octanol–water partition coefficient (Wildman–Crippen LogP) is 0.605. The van der Waals surface area contributed by atoms with Gasteiger partial charge in [0.2, 0.25) is 5.91 Å². The minimum Gasteiger partial charge on any atom is -0.393 e. The second kappa shape index (κ2) is 5.19. The van der Waals surface area contributed by atoms with E-state index in [1.165, 1.54) is 7.11 Å². The first kappa shape index (κ1) is 10.5. The third kappa shape index (κ3) is 3.32. The van der Waals surface area contributed by atoms with Crippen molar-refractivity contribution < 1.29 is 14.7 Å². The van der Waals surface area contributed by atoms with Crippen LogP contribution < -0.4 is 5.48 Å². The van der Waals surface area contributed by atoms with Crippen LogP contribution in [0.4, 0.5) is 0 Å². The van der Waals surface area contributed by atoms with Crippen molar-refractivity contribution >= 4 is 5.91 Å². The van der Waals surface area contributed by atoms with Gasteiger partial charge in [-0.25, -0.2) is 5.48 Å². The van der Waals surface area contributed by atoms with Gasteiger partial charge in [-0.05, 0) is 18.8 Å². The Bertz CT molecular complexity index is 172. The number of rotatable bonds is 3. The number of aliphatic hydroxyl groups excluding tert-OH is 1. The molecule has 0 radical (unpaired) electrons. The van der Waals surface area contributed by atoms with Gasteiger partial charge in [0.05, 0.1) is 13.2 Å². The molecule has 0 heterocycles. The molecule has 0 aromatic carbocycles. The minimum atomic E-state index is -0.309. The first-order valence-corrected chi connectivity index (χ1v) is 4.74. The van der Waals surface area contributed by atoms with Gasteiger partial charge >= 0.3 is 0 Å². The Balaban J connectivity index is 2.29. The molecule has 1 saturated carbocycles. The van der Waals surface area contributed by atoms with E-state index < -0.39 is 0 Å². The molecule has 1 aliphatic carbocycles. The van der Waals surface area contributed by atoms with Crippen LogP contribution in [0, 0.1) is 5.92 Å². The molecule has 2 N–H and O–H groups in total. The second-order valence-corrected chi connectivity index (χ2v) is 3.55. The summed E-state index contributed by atoms with van der Waals surface area (Å²) in [5.41, 5.74) is 2.26. The average Bonchev–Trinajstić information content (AvgIpc) is 2.09. The maximum atomic E-state index is 11.1. The van der Waals surface area contributed by atoms with Gasteiger partial charge in [0, 0.05) is 6.42 Å². The topological polar surface area (TPSA) is 58.6 Å². The van der Waals surface area contributed by atoms with Crippen LogP contribution in [0.15, 0.2) is 0 Å². The third-order valence-electron chi connectivity index (χ3n) is 2.53. The number of nitrogens with one attached hydrogen (secondary N) is 1. The van der Waals surface area contributed by atoms with Crippen molar-refractivity contribution in [3.63, 3.8) is 0 Å². The smallest absolute Gasteiger partial charge is 0.243 e. The minimum absolute atomic E-state index is 0.115. The normalized spacial score (nSPS) is 28.5. The molecule has 13 heavy (non-hydrogen) atoms. The maximum Gasteiger partial charge on any atom is 0.243 e. The van der Waals surface area contributed by atoms with Gasteiger partial charge in [0.15, 0.2) is 0 Å². The summed E-state index contributed by atoms with van der Waals surface area (Å²) in [5, 5.41) is 9.57. The maximum absolute atomic E-state index is 11.1. The molecule has 0 spiro atoms. The molecule has 1 rings (SSSR count). The lowest BCUT2D eigenvalue weighted by Crippen LogP contribution is -2.31. The predicted molar refractivity (Wildman–Crippen MR) is 47.7 cm³/mol. The van der Waals surface area contributed by atoms with Crippen LogP contribution in [-0.2, 0) is 9.63 Å². The lowest BCUT2D eigenvalue weighted by Gasteiger charge is -2.26. The number of aliphatic hydroxyl groups is 1. The van der Waals surface area contributed by atoms with Crippen molar-refractivity contribution in [2.45, 2.75) is 38.2 Å². The van der Waals surface area contributed by atoms with E-state index in [1.807, 2.05) is 0 Å². The molecule has 0 aromatic heterocycles. The van der Waals surface area contributed by atoms with E-state index in [0.717, 1.165) is 25.7 Å². The molecule has 0 bridgehead atoms. The second-order valence-electron chi connectivity index (χ2n) is 3.55. The Hall–Kier alpha value is -0.610. The third-order valence-corrected chi connectivity index (χ3v) is 2.53. The zero-order chi connectivity index (χ0) is 9.68. The van der Waals surface area contributed by atoms with Gasteiger partial charge in [0.25, 0.3) is 0 Å². The Morgan fingerprint density at radius 3 is 2.85 bits per heavy atom. The van der Waals surface area contributed by atoms with Crippen molar-refractivity contribution in [3.05, 3.63) is 0 Å². The lowest BCUT2D eigenvalue weighted by molar-refractivity contribution is -0.133. The van der Waals surface area contributed by atoms with E-state index in [1.54, 1.807) is 0 Å². The van der Waals surface area contributed by atoms with E-state index >= 15 is 0 Å². The van der Waals surface area contributed by atoms with Crippen LogP contribution in [0.3, 0.4) is 0 Å². The van der Waals surface area contributed by atoms with Crippen molar-refractivity contribution in [2.75, 3.05) is 7.11 Å². The highest BCUT2D eigenvalue weighted by Gasteiger charge is 2.25. The summed E-state index contributed by atoms with van der Waals surface area (Å²) in [4.78, 5) is 15.6. The summed E-state index contributed by atoms with van der Waals surface area (Å²) >= 11 is 0. The summed E-state index contributed by atoms with van der Waals surface area (Å²) in [6.07, 6.45) is 4.01. The molecule has 2 atom stereocenters. The summed E-state index contributed by atoms with van der Waals surface area (Å²) in [6.45, 7) is 0. The Morgan fingerprint density at radius 1 is 1.54 bits per heavy atom. The summed E-state index contributed by atoms with van der Waals surface area (Å²) in [5.74, 6) is -0.0302. The van der Waals surface area contributed by atoms with Crippen LogP contribution in [0.5, 0.6) is 0 Å². The summed E-state index contributed by atoms with van der Waals surface area (Å²) < 4.78 is 0. The highest BCUT2D eigenvalue weighted by atomic mass is 16.6. The average molecular weight is 187 g/mol. The fraction of sp³-hybridized carbons (Fsp3) is 0.889. The molecule has 0 aliphatic heterocycles. The monoisotopic (exact) mass is 187 g/mol. The molecule has 4 nitrogen and oxygen atoms in total. The fourth-order valence-corrected chi connectivity index (χ4v) is 1.82. The van der Waals surface area contributed by atoms with Crippen molar-refractivity contribution in [1.29, 1.82) is 0 Å². The van der Waals surface area contributed by atoms with Gasteiger partial charge in [-0.3, -0.25) is 9.63 Å². The molecule has 4 heteroatoms. The fourth-order valence-electron chi connectivity index (χ4n) is 1.82. The van der Waals surface area contributed by atoms with E-state index in [4.69, 9.17) is 0 Å². The van der Waals surface area contributed by atoms with Crippen LogP contribution in [0.1, 0.15) is 32.1 Å². The largest absolute Gasteiger partial charge is 0.393 e. The Morgan fingerprint density at radius 2 is 2.23 bits per heavy atom. The van der Waals surface area contributed by atoms with Gasteiger partial charge in [0.1, 0.15) is 0 Å². The van der Waals surface area contributed by atoms with E-state index in [2.05, 4.69) is 10.3 Å². The molecule has 1 amide bonds. The highest BCUT2D eigenvalue weighted by Crippen LogP contribution is 2.26. The van der Waals surface area contributed by atoms with Crippen molar-refractivity contribution in [3.8, 4) is 0 Å². The standard InChI is InChI=1S/C9H17NO3/c1-13-10-9(12)6-7-4-2-3-5-8(7)11/h7-8,11H,2-6H2,1H3,(H,10,12)/t7-,8+/m0/s1. The number of hydroxylamine groups is 1. The van der Waals surface area contributed by atoms with Crippen LogP contribution >= 0.6 is 0 Å². The quantitative estimate of drug-likeness (QED) is 0.636. The van der Waals surface area contributed by atoms with Crippen LogP contribution in [-0.4, -0.2) is 24.2 Å². The van der Waals surface area contributed by atoms with Gasteiger partial charge < -0.3 is 5.11 Å². The zero-order valence-corrected chi connectivity index (χ0v) is 7.95. The van der Waals surface area contributed by atoms with Gasteiger partial charge in [-0.15, -0.1) is 0 Å². The number of hydrogen-bond donors (Lipinski definition) is 2. The SMILES string of the molecule is CONC(=O)C[C@@H]1CCCC[C@H]1O. The number of carbonyl (C=O) groups is 1. The van der Waals surface area contributed by atoms with Crippen LogP contribution in [0.2, 0.25) is 0 Å². The van der Waals surface area contributed by atoms with Gasteiger partial charge in [-0.2, -0.15) is 0 Å². The Kier molecular flexibility index (Phi) is 4.18. The lowest BCUT2D eigenvalue weighted by atomic mass is 9.84. The number of hydrogen-bond acceptors (Lipinski definition) is 3. The first-order valence-electron chi connectivity index (χ1n) is 4.74. The van der Waals surface area contributed by atoms with E-state index in [-0.39, 0.29) is 17.9 Å². The molecular formula is C9H17NO3. The summed E-state index contributed by atoms with van der Waals surface area (Å²) in [7, 11) is 1.41. The molecule has 0 unspecified atom stereocenters. The molecule has 1 aliphatic rings. The number of carbonyl (C=O) groups excluding carboxylic acids is 1. The van der Waals surface area contributed by atoms with E-state index in [0.29, 0.717) is 6.42 Å². The first-order chi connectivity index (χ1) is 6.24. The Labute approximate surface area is 78.2 Å². The van der Waals surface area contributed by atoms with Crippen LogP contribution in [0.25, 0.3) is 0 Å².